The molecule has 2 unspecified atom stereocenters. The number of aliphatic hydroxyl groups is 1. The molecule has 0 aliphatic heterocycles. The SMILES string of the molecule is OC1CCCCCC1NC(c1cccs1)c1cccs1. The molecule has 2 N–H and O–H groups in total. The maximum absolute atomic E-state index is 10.3. The van der Waals surface area contributed by atoms with E-state index in [1.165, 1.54) is 22.6 Å². The van der Waals surface area contributed by atoms with Crippen LogP contribution in [-0.4, -0.2) is 17.3 Å². The van der Waals surface area contributed by atoms with Crippen LogP contribution in [0.3, 0.4) is 0 Å². The van der Waals surface area contributed by atoms with Gasteiger partial charge in [-0.15, -0.1) is 22.7 Å². The zero-order valence-corrected chi connectivity index (χ0v) is 13.1. The molecule has 3 rings (SSSR count). The van der Waals surface area contributed by atoms with Crippen LogP contribution in [0.15, 0.2) is 35.0 Å². The predicted molar refractivity (Wildman–Crippen MR) is 86.5 cm³/mol. The van der Waals surface area contributed by atoms with Crippen LogP contribution in [0.4, 0.5) is 0 Å². The lowest BCUT2D eigenvalue weighted by molar-refractivity contribution is 0.116. The van der Waals surface area contributed by atoms with Gasteiger partial charge in [0.25, 0.3) is 0 Å². The molecular weight excluding hydrogens is 286 g/mol. The second-order valence-corrected chi connectivity index (χ2v) is 7.40. The minimum atomic E-state index is -0.208. The van der Waals surface area contributed by atoms with Crippen molar-refractivity contribution in [1.82, 2.24) is 5.32 Å². The standard InChI is InChI=1S/C16H21NOS2/c18-13-7-3-1-2-6-12(13)17-16(14-8-4-10-19-14)15-9-5-11-20-15/h4-5,8-13,16-18H,1-3,6-7H2. The van der Waals surface area contributed by atoms with E-state index in [-0.39, 0.29) is 18.2 Å². The predicted octanol–water partition coefficient (Wildman–Crippen LogP) is 4.18. The summed E-state index contributed by atoms with van der Waals surface area (Å²) in [7, 11) is 0. The highest BCUT2D eigenvalue weighted by atomic mass is 32.1. The van der Waals surface area contributed by atoms with Gasteiger partial charge >= 0.3 is 0 Å². The minimum Gasteiger partial charge on any atom is -0.392 e. The van der Waals surface area contributed by atoms with Crippen molar-refractivity contribution in [3.63, 3.8) is 0 Å². The van der Waals surface area contributed by atoms with Gasteiger partial charge in [-0.25, -0.2) is 0 Å². The van der Waals surface area contributed by atoms with E-state index in [0.717, 1.165) is 19.3 Å². The van der Waals surface area contributed by atoms with E-state index in [0.29, 0.717) is 0 Å². The van der Waals surface area contributed by atoms with Crippen LogP contribution in [0.25, 0.3) is 0 Å². The van der Waals surface area contributed by atoms with Crippen molar-refractivity contribution in [3.8, 4) is 0 Å². The van der Waals surface area contributed by atoms with E-state index in [2.05, 4.69) is 40.3 Å². The summed E-state index contributed by atoms with van der Waals surface area (Å²) < 4.78 is 0. The van der Waals surface area contributed by atoms with Gasteiger partial charge in [0.1, 0.15) is 0 Å². The fourth-order valence-electron chi connectivity index (χ4n) is 2.91. The molecule has 2 atom stereocenters. The highest BCUT2D eigenvalue weighted by Crippen LogP contribution is 2.31. The summed E-state index contributed by atoms with van der Waals surface area (Å²) in [6, 6.07) is 9.02. The van der Waals surface area contributed by atoms with Gasteiger partial charge in [0.2, 0.25) is 0 Å². The molecule has 0 radical (unpaired) electrons. The summed E-state index contributed by atoms with van der Waals surface area (Å²) in [5.74, 6) is 0. The smallest absolute Gasteiger partial charge is 0.0767 e. The van der Waals surface area contributed by atoms with Gasteiger partial charge in [0.05, 0.1) is 12.1 Å². The summed E-state index contributed by atoms with van der Waals surface area (Å²) in [5, 5.41) is 18.3. The molecule has 1 saturated carbocycles. The lowest BCUT2D eigenvalue weighted by Crippen LogP contribution is -2.41. The Bertz CT molecular complexity index is 460. The molecule has 2 nitrogen and oxygen atoms in total. The van der Waals surface area contributed by atoms with Gasteiger partial charge in [-0.1, -0.05) is 31.4 Å². The molecule has 0 aromatic carbocycles. The van der Waals surface area contributed by atoms with Crippen molar-refractivity contribution in [2.24, 2.45) is 0 Å². The summed E-state index contributed by atoms with van der Waals surface area (Å²) in [4.78, 5) is 2.67. The quantitative estimate of drug-likeness (QED) is 0.830. The van der Waals surface area contributed by atoms with E-state index in [1.807, 2.05) is 0 Å². The summed E-state index contributed by atoms with van der Waals surface area (Å²) in [6.07, 6.45) is 5.42. The van der Waals surface area contributed by atoms with Crippen molar-refractivity contribution < 1.29 is 5.11 Å². The van der Waals surface area contributed by atoms with Crippen LogP contribution in [0, 0.1) is 0 Å². The Hall–Kier alpha value is -0.680. The Kier molecular flexibility index (Phi) is 4.89. The Morgan fingerprint density at radius 2 is 1.65 bits per heavy atom. The van der Waals surface area contributed by atoms with Crippen molar-refractivity contribution in [2.75, 3.05) is 0 Å². The van der Waals surface area contributed by atoms with Crippen molar-refractivity contribution in [1.29, 1.82) is 0 Å². The molecule has 0 bridgehead atoms. The maximum Gasteiger partial charge on any atom is 0.0767 e. The zero-order valence-electron chi connectivity index (χ0n) is 11.5. The Labute approximate surface area is 128 Å². The fraction of sp³-hybridized carbons (Fsp3) is 0.500. The Morgan fingerprint density at radius 1 is 1.00 bits per heavy atom. The molecule has 20 heavy (non-hydrogen) atoms. The van der Waals surface area contributed by atoms with Crippen LogP contribution in [0.1, 0.15) is 47.9 Å². The summed E-state index contributed by atoms with van der Waals surface area (Å²) in [6.45, 7) is 0. The van der Waals surface area contributed by atoms with Gasteiger partial charge < -0.3 is 5.11 Å². The average Bonchev–Trinajstić information content (AvgIpc) is 3.12. The number of hydrogen-bond donors (Lipinski definition) is 2. The molecule has 1 aliphatic carbocycles. The molecule has 0 saturated heterocycles. The van der Waals surface area contributed by atoms with E-state index in [1.54, 1.807) is 22.7 Å². The third-order valence-corrected chi connectivity index (χ3v) is 5.89. The number of rotatable bonds is 4. The monoisotopic (exact) mass is 307 g/mol. The lowest BCUT2D eigenvalue weighted by atomic mass is 10.0. The number of thiophene rings is 2. The molecule has 0 spiro atoms. The third kappa shape index (κ3) is 3.31. The van der Waals surface area contributed by atoms with Gasteiger partial charge in [-0.05, 0) is 35.7 Å². The molecule has 2 aromatic rings. The first-order chi connectivity index (χ1) is 9.84. The second kappa shape index (κ2) is 6.85. The second-order valence-electron chi connectivity index (χ2n) is 5.44. The molecule has 0 amide bonds. The maximum atomic E-state index is 10.3. The Morgan fingerprint density at radius 3 is 2.25 bits per heavy atom. The van der Waals surface area contributed by atoms with Crippen LogP contribution in [0.5, 0.6) is 0 Å². The highest BCUT2D eigenvalue weighted by Gasteiger charge is 2.26. The molecule has 2 heterocycles. The van der Waals surface area contributed by atoms with Crippen molar-refractivity contribution >= 4 is 22.7 Å². The normalized spacial score (nSPS) is 23.9. The first-order valence-electron chi connectivity index (χ1n) is 7.35. The average molecular weight is 307 g/mol. The van der Waals surface area contributed by atoms with Gasteiger partial charge in [-0.2, -0.15) is 0 Å². The molecular formula is C16H21NOS2. The van der Waals surface area contributed by atoms with E-state index >= 15 is 0 Å². The Balaban J connectivity index is 1.79. The molecule has 4 heteroatoms. The summed E-state index contributed by atoms with van der Waals surface area (Å²) in [5.41, 5.74) is 0. The number of hydrogen-bond acceptors (Lipinski definition) is 4. The van der Waals surface area contributed by atoms with Crippen LogP contribution < -0.4 is 5.32 Å². The van der Waals surface area contributed by atoms with Crippen molar-refractivity contribution in [3.05, 3.63) is 44.8 Å². The summed E-state index contributed by atoms with van der Waals surface area (Å²) >= 11 is 3.57. The fourth-order valence-corrected chi connectivity index (χ4v) is 4.59. The molecule has 1 fully saturated rings. The van der Waals surface area contributed by atoms with E-state index in [9.17, 15) is 5.11 Å². The van der Waals surface area contributed by atoms with Crippen molar-refractivity contribution in [2.45, 2.75) is 50.3 Å². The molecule has 108 valence electrons. The first kappa shape index (κ1) is 14.3. The topological polar surface area (TPSA) is 32.3 Å². The van der Waals surface area contributed by atoms with Crippen LogP contribution >= 0.6 is 22.7 Å². The van der Waals surface area contributed by atoms with Gasteiger partial charge in [0, 0.05) is 15.8 Å². The van der Waals surface area contributed by atoms with E-state index < -0.39 is 0 Å². The van der Waals surface area contributed by atoms with E-state index in [4.69, 9.17) is 0 Å². The van der Waals surface area contributed by atoms with Gasteiger partial charge in [0.15, 0.2) is 0 Å². The minimum absolute atomic E-state index is 0.208. The number of nitrogens with one attached hydrogen (secondary N) is 1. The van der Waals surface area contributed by atoms with Crippen LogP contribution in [-0.2, 0) is 0 Å². The highest BCUT2D eigenvalue weighted by molar-refractivity contribution is 7.11. The molecule has 1 aliphatic rings. The molecule has 2 aromatic heterocycles. The zero-order chi connectivity index (χ0) is 13.8. The number of aliphatic hydroxyl groups excluding tert-OH is 1. The lowest BCUT2D eigenvalue weighted by Gasteiger charge is -2.27. The largest absolute Gasteiger partial charge is 0.392 e. The first-order valence-corrected chi connectivity index (χ1v) is 9.11. The van der Waals surface area contributed by atoms with Crippen LogP contribution in [0.2, 0.25) is 0 Å². The third-order valence-electron chi connectivity index (χ3n) is 4.02. The van der Waals surface area contributed by atoms with Gasteiger partial charge in [-0.3, -0.25) is 5.32 Å².